The first-order chi connectivity index (χ1) is 13.7. The molecule has 2 heterocycles. The molecule has 0 radical (unpaired) electrons. The van der Waals surface area contributed by atoms with Crippen LogP contribution in [0.25, 0.3) is 20.7 Å². The number of nitrogens with zero attached hydrogens (tertiary/aromatic N) is 1. The number of thiophene rings is 1. The topological polar surface area (TPSA) is 64.2 Å². The van der Waals surface area contributed by atoms with Gasteiger partial charge in [0.2, 0.25) is 0 Å². The van der Waals surface area contributed by atoms with Crippen molar-refractivity contribution in [3.63, 3.8) is 0 Å². The molecular formula is C21H18N2O3S2. The van der Waals surface area contributed by atoms with Crippen LogP contribution < -0.4 is 15.0 Å². The normalized spacial score (nSPS) is 10.9. The van der Waals surface area contributed by atoms with Crippen LogP contribution in [0.1, 0.15) is 5.82 Å². The van der Waals surface area contributed by atoms with Crippen molar-refractivity contribution in [2.45, 2.75) is 10.6 Å². The van der Waals surface area contributed by atoms with E-state index in [2.05, 4.69) is 9.97 Å². The Kier molecular flexibility index (Phi) is 5.36. The van der Waals surface area contributed by atoms with Crippen molar-refractivity contribution in [1.82, 2.24) is 9.97 Å². The Bertz CT molecular complexity index is 1170. The molecule has 0 unspecified atom stereocenters. The number of rotatable bonds is 6. The number of para-hydroxylation sites is 1. The number of ether oxygens (including phenoxy) is 2. The molecule has 0 saturated carbocycles. The second kappa shape index (κ2) is 8.08. The lowest BCUT2D eigenvalue weighted by Crippen LogP contribution is -2.09. The van der Waals surface area contributed by atoms with Crippen LogP contribution in [0, 0.1) is 0 Å². The van der Waals surface area contributed by atoms with Crippen LogP contribution in [0.3, 0.4) is 0 Å². The van der Waals surface area contributed by atoms with Gasteiger partial charge in [0.1, 0.15) is 22.0 Å². The lowest BCUT2D eigenvalue weighted by Gasteiger charge is -2.07. The van der Waals surface area contributed by atoms with Gasteiger partial charge in [-0.2, -0.15) is 0 Å². The van der Waals surface area contributed by atoms with Crippen molar-refractivity contribution in [2.75, 3.05) is 14.2 Å². The third-order valence-electron chi connectivity index (χ3n) is 4.24. The van der Waals surface area contributed by atoms with Crippen LogP contribution in [0.5, 0.6) is 11.5 Å². The number of nitrogens with one attached hydrogen (secondary N) is 1. The summed E-state index contributed by atoms with van der Waals surface area (Å²) in [7, 11) is 3.29. The predicted octanol–water partition coefficient (Wildman–Crippen LogP) is 4.96. The van der Waals surface area contributed by atoms with Gasteiger partial charge in [-0.05, 0) is 48.0 Å². The minimum absolute atomic E-state index is 0.106. The van der Waals surface area contributed by atoms with E-state index in [1.807, 2.05) is 54.6 Å². The van der Waals surface area contributed by atoms with Crippen molar-refractivity contribution in [1.29, 1.82) is 0 Å². The van der Waals surface area contributed by atoms with Crippen LogP contribution in [0.15, 0.2) is 64.3 Å². The van der Waals surface area contributed by atoms with E-state index in [9.17, 15) is 4.79 Å². The Labute approximate surface area is 170 Å². The van der Waals surface area contributed by atoms with E-state index >= 15 is 0 Å². The summed E-state index contributed by atoms with van der Waals surface area (Å²) in [5, 5.41) is 0. The molecule has 0 atom stereocenters. The summed E-state index contributed by atoms with van der Waals surface area (Å²) in [4.78, 5) is 22.1. The van der Waals surface area contributed by atoms with Gasteiger partial charge in [0.15, 0.2) is 0 Å². The molecule has 0 aliphatic heterocycles. The minimum atomic E-state index is -0.106. The number of methoxy groups -OCH3 is 2. The van der Waals surface area contributed by atoms with Crippen molar-refractivity contribution < 1.29 is 9.47 Å². The zero-order valence-corrected chi connectivity index (χ0v) is 17.0. The Morgan fingerprint density at radius 1 is 1.07 bits per heavy atom. The van der Waals surface area contributed by atoms with Crippen LogP contribution in [-0.4, -0.2) is 24.2 Å². The maximum atomic E-state index is 12.5. The average Bonchev–Trinajstić information content (AvgIpc) is 3.17. The molecule has 4 rings (SSSR count). The Morgan fingerprint density at radius 2 is 1.86 bits per heavy atom. The summed E-state index contributed by atoms with van der Waals surface area (Å²) < 4.78 is 11.2. The van der Waals surface area contributed by atoms with Gasteiger partial charge in [0, 0.05) is 9.77 Å². The Morgan fingerprint density at radius 3 is 2.61 bits per heavy atom. The second-order valence-corrected chi connectivity index (χ2v) is 8.08. The standard InChI is InChI=1S/C21H18N2O3S2/c1-25-14-9-7-13(8-10-14)18-11-15-20(28-18)21(24)23-19(22-15)12-27-17-6-4-3-5-16(17)26-2/h3-11H,12H2,1-2H3,(H,22,23,24). The molecule has 28 heavy (non-hydrogen) atoms. The molecule has 4 aromatic rings. The lowest BCUT2D eigenvalue weighted by molar-refractivity contribution is 0.405. The monoisotopic (exact) mass is 410 g/mol. The fraction of sp³-hybridized carbons (Fsp3) is 0.143. The highest BCUT2D eigenvalue weighted by Gasteiger charge is 2.11. The first-order valence-corrected chi connectivity index (χ1v) is 10.4. The number of thioether (sulfide) groups is 1. The number of hydrogen-bond acceptors (Lipinski definition) is 6. The third kappa shape index (κ3) is 3.76. The maximum absolute atomic E-state index is 12.5. The van der Waals surface area contributed by atoms with Gasteiger partial charge < -0.3 is 14.5 Å². The molecule has 0 bridgehead atoms. The summed E-state index contributed by atoms with van der Waals surface area (Å²) in [5.41, 5.74) is 1.65. The quantitative estimate of drug-likeness (QED) is 0.455. The molecule has 0 aliphatic carbocycles. The van der Waals surface area contributed by atoms with E-state index in [1.165, 1.54) is 11.3 Å². The first-order valence-electron chi connectivity index (χ1n) is 8.61. The second-order valence-electron chi connectivity index (χ2n) is 6.01. The van der Waals surface area contributed by atoms with Gasteiger partial charge in [-0.15, -0.1) is 23.1 Å². The minimum Gasteiger partial charge on any atom is -0.497 e. The summed E-state index contributed by atoms with van der Waals surface area (Å²) in [6.45, 7) is 0. The number of H-pyrrole nitrogens is 1. The van der Waals surface area contributed by atoms with Gasteiger partial charge in [0.05, 0.1) is 25.5 Å². The SMILES string of the molecule is COc1ccc(-c2cc3nc(CSc4ccccc4OC)[nH]c(=O)c3s2)cc1. The molecule has 0 aliphatic rings. The highest BCUT2D eigenvalue weighted by Crippen LogP contribution is 2.33. The summed E-state index contributed by atoms with van der Waals surface area (Å²) in [6, 6.07) is 17.6. The number of fused-ring (bicyclic) bond motifs is 1. The van der Waals surface area contributed by atoms with Crippen LogP contribution in [0.4, 0.5) is 0 Å². The van der Waals surface area contributed by atoms with E-state index in [0.29, 0.717) is 16.3 Å². The highest BCUT2D eigenvalue weighted by molar-refractivity contribution is 7.98. The first kappa shape index (κ1) is 18.6. The van der Waals surface area contributed by atoms with Gasteiger partial charge in [-0.25, -0.2) is 4.98 Å². The Hall–Kier alpha value is -2.77. The van der Waals surface area contributed by atoms with Crippen molar-refractivity contribution in [3.05, 3.63) is 70.8 Å². The smallest absolute Gasteiger partial charge is 0.268 e. The van der Waals surface area contributed by atoms with Crippen molar-refractivity contribution >= 4 is 33.3 Å². The van der Waals surface area contributed by atoms with Crippen LogP contribution in [0.2, 0.25) is 0 Å². The molecule has 7 heteroatoms. The summed E-state index contributed by atoms with van der Waals surface area (Å²) >= 11 is 3.03. The fourth-order valence-electron chi connectivity index (χ4n) is 2.84. The molecule has 142 valence electrons. The van der Waals surface area contributed by atoms with E-state index in [1.54, 1.807) is 26.0 Å². The molecular weight excluding hydrogens is 392 g/mol. The zero-order chi connectivity index (χ0) is 19.5. The molecule has 2 aromatic heterocycles. The summed E-state index contributed by atoms with van der Waals surface area (Å²) in [5.74, 6) is 2.82. The van der Waals surface area contributed by atoms with E-state index in [0.717, 1.165) is 32.4 Å². The molecule has 0 fully saturated rings. The van der Waals surface area contributed by atoms with E-state index in [-0.39, 0.29) is 5.56 Å². The summed E-state index contributed by atoms with van der Waals surface area (Å²) in [6.07, 6.45) is 0. The highest BCUT2D eigenvalue weighted by atomic mass is 32.2. The Balaban J connectivity index is 1.61. The van der Waals surface area contributed by atoms with Crippen LogP contribution in [-0.2, 0) is 5.75 Å². The molecule has 2 aromatic carbocycles. The number of benzene rings is 2. The number of aromatic nitrogens is 2. The third-order valence-corrected chi connectivity index (χ3v) is 6.48. The van der Waals surface area contributed by atoms with Gasteiger partial charge in [-0.1, -0.05) is 12.1 Å². The number of hydrogen-bond donors (Lipinski definition) is 1. The fourth-order valence-corrected chi connectivity index (χ4v) is 4.73. The lowest BCUT2D eigenvalue weighted by atomic mass is 10.2. The van der Waals surface area contributed by atoms with Crippen LogP contribution >= 0.6 is 23.1 Å². The zero-order valence-electron chi connectivity index (χ0n) is 15.4. The average molecular weight is 411 g/mol. The van der Waals surface area contributed by atoms with E-state index in [4.69, 9.17) is 9.47 Å². The molecule has 1 N–H and O–H groups in total. The molecule has 0 spiro atoms. The maximum Gasteiger partial charge on any atom is 0.268 e. The molecule has 0 amide bonds. The largest absolute Gasteiger partial charge is 0.497 e. The molecule has 0 saturated heterocycles. The van der Waals surface area contributed by atoms with Gasteiger partial charge in [0.25, 0.3) is 5.56 Å². The predicted molar refractivity (Wildman–Crippen MR) is 115 cm³/mol. The van der Waals surface area contributed by atoms with E-state index < -0.39 is 0 Å². The van der Waals surface area contributed by atoms with Crippen molar-refractivity contribution in [2.24, 2.45) is 0 Å². The molecule has 5 nitrogen and oxygen atoms in total. The van der Waals surface area contributed by atoms with Gasteiger partial charge in [-0.3, -0.25) is 4.79 Å². The van der Waals surface area contributed by atoms with Gasteiger partial charge >= 0.3 is 0 Å². The van der Waals surface area contributed by atoms with Crippen molar-refractivity contribution in [3.8, 4) is 21.9 Å². The number of aromatic amines is 1.